The number of ether oxygens (including phenoxy) is 1. The first-order chi connectivity index (χ1) is 9.67. The van der Waals surface area contributed by atoms with Crippen molar-refractivity contribution >= 4 is 5.91 Å². The highest BCUT2D eigenvalue weighted by molar-refractivity contribution is 5.78. The minimum atomic E-state index is 0.241. The average Bonchev–Trinajstić information content (AvgIpc) is 2.46. The number of hydrogen-bond donors (Lipinski definition) is 1. The van der Waals surface area contributed by atoms with E-state index in [1.807, 2.05) is 11.9 Å². The van der Waals surface area contributed by atoms with Crippen molar-refractivity contribution in [3.63, 3.8) is 0 Å². The maximum absolute atomic E-state index is 11.8. The monoisotopic (exact) mass is 285 g/mol. The molecule has 5 heteroatoms. The van der Waals surface area contributed by atoms with Gasteiger partial charge in [0, 0.05) is 26.7 Å². The molecule has 5 nitrogen and oxygen atoms in total. The second-order valence-corrected chi connectivity index (χ2v) is 5.79. The third-order valence-corrected chi connectivity index (χ3v) is 4.12. The van der Waals surface area contributed by atoms with E-state index in [4.69, 9.17) is 4.74 Å². The summed E-state index contributed by atoms with van der Waals surface area (Å²) in [4.78, 5) is 16.1. The topological polar surface area (TPSA) is 44.8 Å². The molecule has 1 N–H and O–H groups in total. The van der Waals surface area contributed by atoms with Crippen LogP contribution in [0.2, 0.25) is 0 Å². The van der Waals surface area contributed by atoms with Crippen molar-refractivity contribution in [1.29, 1.82) is 0 Å². The van der Waals surface area contributed by atoms with Crippen molar-refractivity contribution in [3.8, 4) is 0 Å². The lowest BCUT2D eigenvalue weighted by Crippen LogP contribution is -2.42. The molecule has 1 aliphatic heterocycles. The largest absolute Gasteiger partial charge is 0.383 e. The van der Waals surface area contributed by atoms with Gasteiger partial charge in [0.1, 0.15) is 0 Å². The minimum Gasteiger partial charge on any atom is -0.383 e. The van der Waals surface area contributed by atoms with Gasteiger partial charge >= 0.3 is 0 Å². The van der Waals surface area contributed by atoms with Gasteiger partial charge in [0.05, 0.1) is 13.2 Å². The van der Waals surface area contributed by atoms with Gasteiger partial charge in [0.25, 0.3) is 0 Å². The number of piperidine rings is 1. The molecular weight excluding hydrogens is 254 g/mol. The second-order valence-electron chi connectivity index (χ2n) is 5.79. The van der Waals surface area contributed by atoms with E-state index in [-0.39, 0.29) is 5.91 Å². The van der Waals surface area contributed by atoms with Gasteiger partial charge in [-0.05, 0) is 52.2 Å². The van der Waals surface area contributed by atoms with Gasteiger partial charge in [0.15, 0.2) is 0 Å². The van der Waals surface area contributed by atoms with E-state index < -0.39 is 0 Å². The van der Waals surface area contributed by atoms with Gasteiger partial charge in [-0.3, -0.25) is 4.79 Å². The van der Waals surface area contributed by atoms with Crippen LogP contribution in [0.3, 0.4) is 0 Å². The van der Waals surface area contributed by atoms with E-state index >= 15 is 0 Å². The average molecular weight is 285 g/mol. The fourth-order valence-electron chi connectivity index (χ4n) is 2.74. The van der Waals surface area contributed by atoms with Crippen LogP contribution in [-0.2, 0) is 9.53 Å². The highest BCUT2D eigenvalue weighted by Gasteiger charge is 2.21. The maximum atomic E-state index is 11.8. The van der Waals surface area contributed by atoms with Crippen molar-refractivity contribution in [3.05, 3.63) is 0 Å². The molecule has 0 spiro atoms. The lowest BCUT2D eigenvalue weighted by atomic mass is 9.92. The molecule has 0 radical (unpaired) electrons. The zero-order valence-electron chi connectivity index (χ0n) is 13.4. The summed E-state index contributed by atoms with van der Waals surface area (Å²) in [7, 11) is 5.72. The number of hydrogen-bond acceptors (Lipinski definition) is 4. The molecule has 1 heterocycles. The van der Waals surface area contributed by atoms with E-state index in [9.17, 15) is 4.79 Å². The van der Waals surface area contributed by atoms with Gasteiger partial charge in [-0.25, -0.2) is 0 Å². The Morgan fingerprint density at radius 2 is 2.05 bits per heavy atom. The molecule has 0 bridgehead atoms. The third kappa shape index (κ3) is 6.68. The van der Waals surface area contributed by atoms with Crippen LogP contribution in [0, 0.1) is 5.92 Å². The first kappa shape index (κ1) is 17.4. The molecule has 0 aromatic heterocycles. The minimum absolute atomic E-state index is 0.241. The Hall–Kier alpha value is -0.650. The molecular formula is C15H31N3O2. The zero-order valence-corrected chi connectivity index (χ0v) is 13.4. The number of likely N-dealkylation sites (N-methyl/N-ethyl adjacent to an activating group) is 2. The Morgan fingerprint density at radius 1 is 1.35 bits per heavy atom. The Morgan fingerprint density at radius 3 is 2.65 bits per heavy atom. The number of carbonyl (C=O) groups excluding carboxylic acids is 1. The fourth-order valence-corrected chi connectivity index (χ4v) is 2.74. The number of amides is 1. The number of nitrogens with zero attached hydrogens (tertiary/aromatic N) is 2. The van der Waals surface area contributed by atoms with E-state index in [0.29, 0.717) is 6.54 Å². The van der Waals surface area contributed by atoms with Crippen molar-refractivity contribution in [2.24, 2.45) is 5.92 Å². The smallest absolute Gasteiger partial charge is 0.236 e. The van der Waals surface area contributed by atoms with Gasteiger partial charge < -0.3 is 19.9 Å². The molecule has 0 aliphatic carbocycles. The van der Waals surface area contributed by atoms with Crippen molar-refractivity contribution in [2.75, 3.05) is 60.5 Å². The summed E-state index contributed by atoms with van der Waals surface area (Å²) < 4.78 is 5.08. The molecule has 1 rings (SSSR count). The molecule has 0 aromatic rings. The first-order valence-corrected chi connectivity index (χ1v) is 7.77. The summed E-state index contributed by atoms with van der Waals surface area (Å²) in [5.74, 6) is 1.04. The molecule has 0 saturated carbocycles. The van der Waals surface area contributed by atoms with Crippen LogP contribution in [0.4, 0.5) is 0 Å². The van der Waals surface area contributed by atoms with Crippen molar-refractivity contribution in [1.82, 2.24) is 15.1 Å². The molecule has 1 saturated heterocycles. The van der Waals surface area contributed by atoms with E-state index in [1.165, 1.54) is 12.8 Å². The quantitative estimate of drug-likeness (QED) is 0.681. The van der Waals surface area contributed by atoms with Gasteiger partial charge in [-0.15, -0.1) is 0 Å². The lowest BCUT2D eigenvalue weighted by Gasteiger charge is -2.32. The van der Waals surface area contributed by atoms with Crippen LogP contribution in [-0.4, -0.2) is 76.2 Å². The second kappa shape index (κ2) is 10.1. The summed E-state index contributed by atoms with van der Waals surface area (Å²) in [5.41, 5.74) is 0. The number of rotatable bonds is 9. The van der Waals surface area contributed by atoms with Crippen LogP contribution in [0.5, 0.6) is 0 Å². The standard InChI is InChI=1S/C15H31N3O2/c1-16-13-15(19)18-9-6-14(7-10-18)5-4-8-17(2)11-12-20-3/h14,16H,4-13H2,1-3H3. The molecule has 1 amide bonds. The molecule has 118 valence electrons. The van der Waals surface area contributed by atoms with Gasteiger partial charge in [-0.1, -0.05) is 0 Å². The summed E-state index contributed by atoms with van der Waals surface area (Å²) in [6, 6.07) is 0. The Bertz CT molecular complexity index is 266. The predicted molar refractivity (Wildman–Crippen MR) is 81.8 cm³/mol. The first-order valence-electron chi connectivity index (χ1n) is 7.77. The van der Waals surface area contributed by atoms with Crippen LogP contribution in [0.1, 0.15) is 25.7 Å². The van der Waals surface area contributed by atoms with Crippen molar-refractivity contribution < 1.29 is 9.53 Å². The van der Waals surface area contributed by atoms with Crippen LogP contribution < -0.4 is 5.32 Å². The summed E-state index contributed by atoms with van der Waals surface area (Å²) >= 11 is 0. The van der Waals surface area contributed by atoms with E-state index in [0.717, 1.165) is 51.5 Å². The van der Waals surface area contributed by atoms with E-state index in [1.54, 1.807) is 7.11 Å². The number of carbonyl (C=O) groups is 1. The number of likely N-dealkylation sites (tertiary alicyclic amines) is 1. The SMILES string of the molecule is CNCC(=O)N1CCC(CCCN(C)CCOC)CC1. The molecule has 20 heavy (non-hydrogen) atoms. The van der Waals surface area contributed by atoms with Crippen LogP contribution >= 0.6 is 0 Å². The Labute approximate surface area is 123 Å². The summed E-state index contributed by atoms with van der Waals surface area (Å²) in [6.45, 7) is 5.29. The van der Waals surface area contributed by atoms with Gasteiger partial charge in [0.2, 0.25) is 5.91 Å². The molecule has 1 aliphatic rings. The van der Waals surface area contributed by atoms with Crippen molar-refractivity contribution in [2.45, 2.75) is 25.7 Å². The van der Waals surface area contributed by atoms with E-state index in [2.05, 4.69) is 17.3 Å². The predicted octanol–water partition coefficient (Wildman–Crippen LogP) is 0.803. The highest BCUT2D eigenvalue weighted by atomic mass is 16.5. The van der Waals surface area contributed by atoms with Crippen LogP contribution in [0.15, 0.2) is 0 Å². The highest BCUT2D eigenvalue weighted by Crippen LogP contribution is 2.21. The molecule has 0 atom stereocenters. The lowest BCUT2D eigenvalue weighted by molar-refractivity contribution is -0.131. The molecule has 0 unspecified atom stereocenters. The Balaban J connectivity index is 2.09. The van der Waals surface area contributed by atoms with Crippen LogP contribution in [0.25, 0.3) is 0 Å². The number of methoxy groups -OCH3 is 1. The fraction of sp³-hybridized carbons (Fsp3) is 0.933. The third-order valence-electron chi connectivity index (χ3n) is 4.12. The summed E-state index contributed by atoms with van der Waals surface area (Å²) in [5, 5.41) is 2.93. The Kier molecular flexibility index (Phi) is 8.82. The molecule has 0 aromatic carbocycles. The zero-order chi connectivity index (χ0) is 14.8. The maximum Gasteiger partial charge on any atom is 0.236 e. The molecule has 1 fully saturated rings. The summed E-state index contributed by atoms with van der Waals surface area (Å²) in [6.07, 6.45) is 4.86. The number of nitrogens with one attached hydrogen (secondary N) is 1. The normalized spacial score (nSPS) is 16.9. The van der Waals surface area contributed by atoms with Gasteiger partial charge in [-0.2, -0.15) is 0 Å².